The first-order valence-corrected chi connectivity index (χ1v) is 6.55. The maximum atomic E-state index is 9.78. The van der Waals surface area contributed by atoms with Crippen molar-refractivity contribution in [2.24, 2.45) is 0 Å². The molecule has 0 aliphatic carbocycles. The second kappa shape index (κ2) is 5.96. The van der Waals surface area contributed by atoms with Crippen molar-refractivity contribution >= 4 is 11.6 Å². The summed E-state index contributed by atoms with van der Waals surface area (Å²) in [5, 5.41) is 19.3. The van der Waals surface area contributed by atoms with Crippen LogP contribution >= 0.6 is 11.6 Å². The molecule has 0 aromatic heterocycles. The van der Waals surface area contributed by atoms with Gasteiger partial charge in [-0.15, -0.1) is 0 Å². The number of halogens is 1. The summed E-state index contributed by atoms with van der Waals surface area (Å²) in [7, 11) is 0. The van der Waals surface area contributed by atoms with Crippen molar-refractivity contribution in [2.45, 2.75) is 20.0 Å². The van der Waals surface area contributed by atoms with Crippen molar-refractivity contribution in [1.82, 2.24) is 0 Å². The third-order valence-electron chi connectivity index (χ3n) is 2.96. The number of aliphatic hydroxyl groups is 1. The van der Waals surface area contributed by atoms with Gasteiger partial charge in [0.1, 0.15) is 11.5 Å². The maximum Gasteiger partial charge on any atom is 0.134 e. The third-order valence-corrected chi connectivity index (χ3v) is 3.20. The molecule has 2 rings (SSSR count). The first-order chi connectivity index (χ1) is 9.51. The Morgan fingerprint density at radius 3 is 2.60 bits per heavy atom. The summed E-state index contributed by atoms with van der Waals surface area (Å²) < 4.78 is 5.83. The molecular formula is C16H14ClNO2. The molecule has 3 nitrogen and oxygen atoms in total. The number of rotatable bonds is 3. The Labute approximate surface area is 123 Å². The lowest BCUT2D eigenvalue weighted by Gasteiger charge is -2.15. The average Bonchev–Trinajstić information content (AvgIpc) is 2.42. The van der Waals surface area contributed by atoms with Crippen LogP contribution in [0.3, 0.4) is 0 Å². The molecular weight excluding hydrogens is 274 g/mol. The van der Waals surface area contributed by atoms with Gasteiger partial charge in [-0.05, 0) is 43.7 Å². The van der Waals surface area contributed by atoms with E-state index >= 15 is 0 Å². The van der Waals surface area contributed by atoms with Crippen LogP contribution in [0.25, 0.3) is 0 Å². The van der Waals surface area contributed by atoms with Gasteiger partial charge in [-0.25, -0.2) is 0 Å². The van der Waals surface area contributed by atoms with Crippen LogP contribution in [0.5, 0.6) is 11.5 Å². The van der Waals surface area contributed by atoms with Gasteiger partial charge in [0.15, 0.2) is 0 Å². The van der Waals surface area contributed by atoms with Crippen molar-refractivity contribution in [2.75, 3.05) is 0 Å². The summed E-state index contributed by atoms with van der Waals surface area (Å²) in [6.45, 7) is 3.56. The highest BCUT2D eigenvalue weighted by Gasteiger charge is 2.12. The second-order valence-electron chi connectivity index (χ2n) is 4.55. The SMILES string of the molecule is Cc1ccc(Cl)cc1Oc1cc(C#N)ccc1C(C)O. The number of benzene rings is 2. The summed E-state index contributed by atoms with van der Waals surface area (Å²) in [6, 6.07) is 12.4. The fourth-order valence-corrected chi connectivity index (χ4v) is 2.00. The summed E-state index contributed by atoms with van der Waals surface area (Å²) in [5.41, 5.74) is 2.03. The zero-order valence-corrected chi connectivity index (χ0v) is 12.0. The molecule has 0 saturated heterocycles. The molecule has 0 fully saturated rings. The maximum absolute atomic E-state index is 9.78. The first-order valence-electron chi connectivity index (χ1n) is 6.17. The molecule has 0 radical (unpaired) electrons. The molecule has 2 aromatic rings. The molecule has 0 spiro atoms. The molecule has 0 heterocycles. The molecule has 0 bridgehead atoms. The quantitative estimate of drug-likeness (QED) is 0.912. The van der Waals surface area contributed by atoms with Crippen LogP contribution in [-0.2, 0) is 0 Å². The van der Waals surface area contributed by atoms with E-state index in [9.17, 15) is 5.11 Å². The van der Waals surface area contributed by atoms with E-state index in [1.807, 2.05) is 13.0 Å². The highest BCUT2D eigenvalue weighted by Crippen LogP contribution is 2.33. The van der Waals surface area contributed by atoms with Crippen LogP contribution in [-0.4, -0.2) is 5.11 Å². The molecule has 0 saturated carbocycles. The summed E-state index contributed by atoms with van der Waals surface area (Å²) in [6.07, 6.45) is -0.683. The lowest BCUT2D eigenvalue weighted by atomic mass is 10.1. The number of ether oxygens (including phenoxy) is 1. The number of hydrogen-bond acceptors (Lipinski definition) is 3. The zero-order chi connectivity index (χ0) is 14.7. The molecule has 4 heteroatoms. The van der Waals surface area contributed by atoms with Gasteiger partial charge in [0.05, 0.1) is 17.7 Å². The van der Waals surface area contributed by atoms with Crippen LogP contribution < -0.4 is 4.74 Å². The van der Waals surface area contributed by atoms with E-state index in [1.165, 1.54) is 0 Å². The van der Waals surface area contributed by atoms with E-state index in [2.05, 4.69) is 6.07 Å². The van der Waals surface area contributed by atoms with E-state index in [0.29, 0.717) is 27.6 Å². The van der Waals surface area contributed by atoms with Gasteiger partial charge in [-0.3, -0.25) is 0 Å². The van der Waals surface area contributed by atoms with E-state index < -0.39 is 6.10 Å². The summed E-state index contributed by atoms with van der Waals surface area (Å²) in [4.78, 5) is 0. The van der Waals surface area contributed by atoms with Crippen LogP contribution in [0.15, 0.2) is 36.4 Å². The molecule has 0 amide bonds. The standard InChI is InChI=1S/C16H14ClNO2/c1-10-3-5-13(17)8-15(10)20-16-7-12(9-18)4-6-14(16)11(2)19/h3-8,11,19H,1-2H3. The minimum atomic E-state index is -0.683. The predicted octanol–water partition coefficient (Wildman–Crippen LogP) is 4.37. The summed E-state index contributed by atoms with van der Waals surface area (Å²) >= 11 is 5.96. The smallest absolute Gasteiger partial charge is 0.134 e. The van der Waals surface area contributed by atoms with E-state index in [0.717, 1.165) is 5.56 Å². The Hall–Kier alpha value is -2.02. The lowest BCUT2D eigenvalue weighted by Crippen LogP contribution is -1.97. The largest absolute Gasteiger partial charge is 0.457 e. The number of hydrogen-bond donors (Lipinski definition) is 1. The number of nitriles is 1. The van der Waals surface area contributed by atoms with Crippen molar-refractivity contribution in [1.29, 1.82) is 5.26 Å². The third kappa shape index (κ3) is 3.11. The number of aliphatic hydroxyl groups excluding tert-OH is 1. The summed E-state index contributed by atoms with van der Waals surface area (Å²) in [5.74, 6) is 1.07. The van der Waals surface area contributed by atoms with Crippen molar-refractivity contribution in [3.63, 3.8) is 0 Å². The minimum Gasteiger partial charge on any atom is -0.457 e. The predicted molar refractivity (Wildman–Crippen MR) is 78.1 cm³/mol. The molecule has 102 valence electrons. The van der Waals surface area contributed by atoms with Crippen LogP contribution in [0.1, 0.15) is 29.7 Å². The molecule has 1 unspecified atom stereocenters. The Balaban J connectivity index is 2.46. The van der Waals surface area contributed by atoms with Gasteiger partial charge in [-0.2, -0.15) is 5.26 Å². The van der Waals surface area contributed by atoms with Gasteiger partial charge in [0.25, 0.3) is 0 Å². The molecule has 0 aliphatic heterocycles. The second-order valence-corrected chi connectivity index (χ2v) is 4.99. The van der Waals surface area contributed by atoms with Gasteiger partial charge in [0.2, 0.25) is 0 Å². The van der Waals surface area contributed by atoms with Crippen molar-refractivity contribution in [3.8, 4) is 17.6 Å². The van der Waals surface area contributed by atoms with Gasteiger partial charge in [-0.1, -0.05) is 23.7 Å². The van der Waals surface area contributed by atoms with Crippen LogP contribution in [0, 0.1) is 18.3 Å². The van der Waals surface area contributed by atoms with Gasteiger partial charge < -0.3 is 9.84 Å². The fraction of sp³-hybridized carbons (Fsp3) is 0.188. The van der Waals surface area contributed by atoms with Gasteiger partial charge in [0, 0.05) is 10.6 Å². The highest BCUT2D eigenvalue weighted by atomic mass is 35.5. The molecule has 2 aromatic carbocycles. The number of nitrogens with zero attached hydrogens (tertiary/aromatic N) is 1. The lowest BCUT2D eigenvalue weighted by molar-refractivity contribution is 0.195. The zero-order valence-electron chi connectivity index (χ0n) is 11.2. The Morgan fingerprint density at radius 1 is 1.20 bits per heavy atom. The van der Waals surface area contributed by atoms with Gasteiger partial charge >= 0.3 is 0 Å². The van der Waals surface area contributed by atoms with Crippen molar-refractivity contribution in [3.05, 3.63) is 58.1 Å². The molecule has 20 heavy (non-hydrogen) atoms. The van der Waals surface area contributed by atoms with E-state index in [4.69, 9.17) is 21.6 Å². The normalized spacial score (nSPS) is 11.8. The van der Waals surface area contributed by atoms with Crippen molar-refractivity contribution < 1.29 is 9.84 Å². The fourth-order valence-electron chi connectivity index (χ4n) is 1.84. The Bertz CT molecular complexity index is 675. The highest BCUT2D eigenvalue weighted by molar-refractivity contribution is 6.30. The molecule has 1 N–H and O–H groups in total. The Morgan fingerprint density at radius 2 is 1.95 bits per heavy atom. The first kappa shape index (κ1) is 14.4. The van der Waals surface area contributed by atoms with Crippen LogP contribution in [0.2, 0.25) is 5.02 Å². The monoisotopic (exact) mass is 287 g/mol. The number of aryl methyl sites for hydroxylation is 1. The molecule has 0 aliphatic rings. The van der Waals surface area contributed by atoms with Crippen LogP contribution in [0.4, 0.5) is 0 Å². The van der Waals surface area contributed by atoms with E-state index in [-0.39, 0.29) is 0 Å². The average molecular weight is 288 g/mol. The van der Waals surface area contributed by atoms with E-state index in [1.54, 1.807) is 37.3 Å². The minimum absolute atomic E-state index is 0.462. The molecule has 1 atom stereocenters. The Kier molecular flexibility index (Phi) is 4.29. The topological polar surface area (TPSA) is 53.2 Å².